The number of carbonyl (C=O) groups excluding carboxylic acids is 2. The molecule has 0 amide bonds. The predicted molar refractivity (Wildman–Crippen MR) is 88.3 cm³/mol. The lowest BCUT2D eigenvalue weighted by atomic mass is 10.1. The summed E-state index contributed by atoms with van der Waals surface area (Å²) in [6, 6.07) is 10.1. The summed E-state index contributed by atoms with van der Waals surface area (Å²) in [6.45, 7) is 1.70. The van der Waals surface area contributed by atoms with Crippen LogP contribution < -0.4 is 0 Å². The third-order valence-electron chi connectivity index (χ3n) is 2.91. The molecule has 24 heavy (non-hydrogen) atoms. The molecule has 0 atom stereocenters. The van der Waals surface area contributed by atoms with Gasteiger partial charge in [0.05, 0.1) is 13.2 Å². The second-order valence-electron chi connectivity index (χ2n) is 4.69. The lowest BCUT2D eigenvalue weighted by Gasteiger charge is -1.99. The Balaban J connectivity index is 2.27. The van der Waals surface area contributed by atoms with E-state index < -0.39 is 17.7 Å². The third kappa shape index (κ3) is 7.36. The van der Waals surface area contributed by atoms with E-state index >= 15 is 0 Å². The van der Waals surface area contributed by atoms with Crippen LogP contribution in [0.4, 0.5) is 0 Å². The molecule has 1 aromatic carbocycles. The number of hydrogen-bond acceptors (Lipinski definition) is 4. The minimum absolute atomic E-state index is 0.0524. The lowest BCUT2D eigenvalue weighted by molar-refractivity contribution is -0.148. The Hall–Kier alpha value is -2.94. The molecule has 0 aliphatic carbocycles. The van der Waals surface area contributed by atoms with E-state index in [1.165, 1.54) is 5.56 Å². The zero-order valence-electron chi connectivity index (χ0n) is 13.6. The van der Waals surface area contributed by atoms with E-state index in [-0.39, 0.29) is 13.2 Å². The van der Waals surface area contributed by atoms with Gasteiger partial charge in [-0.2, -0.15) is 4.79 Å². The van der Waals surface area contributed by atoms with Gasteiger partial charge in [0.2, 0.25) is 0 Å². The highest BCUT2D eigenvalue weighted by molar-refractivity contribution is 6.60. The van der Waals surface area contributed by atoms with Gasteiger partial charge in [0.1, 0.15) is 0 Å². The lowest BCUT2D eigenvalue weighted by Crippen LogP contribution is -2.29. The summed E-state index contributed by atoms with van der Waals surface area (Å²) >= 11 is 0. The molecule has 0 saturated heterocycles. The largest absolute Gasteiger partial charge is 0.482 e. The van der Waals surface area contributed by atoms with Crippen molar-refractivity contribution in [3.05, 3.63) is 59.3 Å². The SMILES string of the molecule is CCOC(=O)C(=[N+]=[N-])C(=O)OCCC=C=CCCc1ccccc1. The number of ether oxygens (including phenoxy) is 2. The average Bonchev–Trinajstić information content (AvgIpc) is 2.59. The molecule has 126 valence electrons. The standard InChI is InChI=1S/C18H20N2O4/c1-2-23-17(21)16(20-19)18(22)24-14-10-5-3-4-7-11-15-12-8-6-9-13-15/h4-6,8-9,12-13H,2,7,10-11,14H2,1H3. The maximum absolute atomic E-state index is 11.5. The quantitative estimate of drug-likeness (QED) is 0.132. The van der Waals surface area contributed by atoms with Crippen LogP contribution in [-0.2, 0) is 25.5 Å². The van der Waals surface area contributed by atoms with Crippen molar-refractivity contribution in [1.82, 2.24) is 0 Å². The highest BCUT2D eigenvalue weighted by Gasteiger charge is 2.32. The van der Waals surface area contributed by atoms with Crippen molar-refractivity contribution < 1.29 is 23.9 Å². The van der Waals surface area contributed by atoms with Crippen LogP contribution in [0.15, 0.2) is 48.2 Å². The highest BCUT2D eigenvalue weighted by Crippen LogP contribution is 2.02. The van der Waals surface area contributed by atoms with Crippen LogP contribution in [0.25, 0.3) is 5.53 Å². The number of carbonyl (C=O) groups is 2. The van der Waals surface area contributed by atoms with Gasteiger partial charge in [0.15, 0.2) is 0 Å². The van der Waals surface area contributed by atoms with E-state index in [4.69, 9.17) is 10.3 Å². The number of nitrogens with zero attached hydrogens (tertiary/aromatic N) is 2. The van der Waals surface area contributed by atoms with E-state index in [0.29, 0.717) is 6.42 Å². The Morgan fingerprint density at radius 1 is 1.12 bits per heavy atom. The summed E-state index contributed by atoms with van der Waals surface area (Å²) in [7, 11) is 0. The van der Waals surface area contributed by atoms with Crippen LogP contribution in [0.1, 0.15) is 25.3 Å². The zero-order valence-corrected chi connectivity index (χ0v) is 13.6. The maximum atomic E-state index is 11.5. The topological polar surface area (TPSA) is 89.0 Å². The highest BCUT2D eigenvalue weighted by atomic mass is 16.6. The van der Waals surface area contributed by atoms with Gasteiger partial charge >= 0.3 is 17.7 Å². The first-order chi connectivity index (χ1) is 11.7. The number of hydrogen-bond donors (Lipinski definition) is 0. The van der Waals surface area contributed by atoms with Gasteiger partial charge in [-0.05, 0) is 37.5 Å². The van der Waals surface area contributed by atoms with Crippen LogP contribution in [0, 0.1) is 0 Å². The Labute approximate surface area is 141 Å². The van der Waals surface area contributed by atoms with Gasteiger partial charge in [0, 0.05) is 6.42 Å². The molecule has 1 aromatic rings. The Bertz CT molecular complexity index is 655. The second kappa shape index (κ2) is 11.6. The van der Waals surface area contributed by atoms with Gasteiger partial charge in [-0.1, -0.05) is 30.3 Å². The van der Waals surface area contributed by atoms with Gasteiger partial charge < -0.3 is 15.0 Å². The summed E-state index contributed by atoms with van der Waals surface area (Å²) in [4.78, 5) is 25.4. The van der Waals surface area contributed by atoms with Crippen molar-refractivity contribution >= 4 is 17.7 Å². The summed E-state index contributed by atoms with van der Waals surface area (Å²) in [5.41, 5.74) is 12.2. The summed E-state index contributed by atoms with van der Waals surface area (Å²) in [5.74, 6) is -2.03. The van der Waals surface area contributed by atoms with Gasteiger partial charge in [-0.3, -0.25) is 0 Å². The minimum atomic E-state index is -1.02. The summed E-state index contributed by atoms with van der Waals surface area (Å²) in [6.07, 6.45) is 5.89. The smallest absolute Gasteiger partial charge is 0.457 e. The van der Waals surface area contributed by atoms with Crippen molar-refractivity contribution in [2.24, 2.45) is 0 Å². The fourth-order valence-corrected chi connectivity index (χ4v) is 1.78. The first-order valence-electron chi connectivity index (χ1n) is 7.68. The fraction of sp³-hybridized carbons (Fsp3) is 0.333. The molecule has 0 bridgehead atoms. The second-order valence-corrected chi connectivity index (χ2v) is 4.69. The predicted octanol–water partition coefficient (Wildman–Crippen LogP) is 2.50. The van der Waals surface area contributed by atoms with Crippen molar-refractivity contribution in [3.63, 3.8) is 0 Å². The molecule has 6 nitrogen and oxygen atoms in total. The van der Waals surface area contributed by atoms with Crippen molar-refractivity contribution in [2.75, 3.05) is 13.2 Å². The van der Waals surface area contributed by atoms with Crippen LogP contribution >= 0.6 is 0 Å². The molecule has 0 N–H and O–H groups in total. The number of esters is 2. The first kappa shape index (κ1) is 19.1. The van der Waals surface area contributed by atoms with Gasteiger partial charge in [-0.25, -0.2) is 9.59 Å². The molecular formula is C18H20N2O4. The summed E-state index contributed by atoms with van der Waals surface area (Å²) < 4.78 is 9.39. The molecule has 0 spiro atoms. The molecule has 0 radical (unpaired) electrons. The minimum Gasteiger partial charge on any atom is -0.457 e. The van der Waals surface area contributed by atoms with E-state index in [1.807, 2.05) is 24.3 Å². The Kier molecular flexibility index (Phi) is 9.24. The van der Waals surface area contributed by atoms with E-state index in [1.54, 1.807) is 13.0 Å². The Morgan fingerprint density at radius 3 is 2.46 bits per heavy atom. The van der Waals surface area contributed by atoms with Crippen LogP contribution in [0.3, 0.4) is 0 Å². The molecule has 0 aliphatic rings. The zero-order chi connectivity index (χ0) is 17.6. The third-order valence-corrected chi connectivity index (χ3v) is 2.91. The molecule has 0 heterocycles. The van der Waals surface area contributed by atoms with Crippen molar-refractivity contribution in [1.29, 1.82) is 0 Å². The average molecular weight is 328 g/mol. The van der Waals surface area contributed by atoms with Crippen LogP contribution in [0.2, 0.25) is 0 Å². The fourth-order valence-electron chi connectivity index (χ4n) is 1.78. The molecule has 0 aliphatic heterocycles. The molecule has 0 saturated carbocycles. The van der Waals surface area contributed by atoms with Crippen molar-refractivity contribution in [2.45, 2.75) is 26.2 Å². The molecule has 1 rings (SSSR count). The normalized spacial score (nSPS) is 9.21. The maximum Gasteiger partial charge on any atom is 0.482 e. The number of aryl methyl sites for hydroxylation is 1. The van der Waals surface area contributed by atoms with Gasteiger partial charge in [0.25, 0.3) is 0 Å². The van der Waals surface area contributed by atoms with E-state index in [9.17, 15) is 9.59 Å². The molecule has 0 unspecified atom stereocenters. The number of rotatable bonds is 9. The molecule has 0 fully saturated rings. The van der Waals surface area contributed by atoms with Crippen molar-refractivity contribution in [3.8, 4) is 0 Å². The van der Waals surface area contributed by atoms with Crippen LogP contribution in [0.5, 0.6) is 0 Å². The Morgan fingerprint density at radius 2 is 1.79 bits per heavy atom. The monoisotopic (exact) mass is 328 g/mol. The number of benzene rings is 1. The summed E-state index contributed by atoms with van der Waals surface area (Å²) in [5, 5.41) is 0. The van der Waals surface area contributed by atoms with E-state index in [0.717, 1.165) is 12.8 Å². The molecular weight excluding hydrogens is 308 g/mol. The van der Waals surface area contributed by atoms with Crippen LogP contribution in [-0.4, -0.2) is 35.7 Å². The van der Waals surface area contributed by atoms with E-state index in [2.05, 4.69) is 27.4 Å². The first-order valence-corrected chi connectivity index (χ1v) is 7.68. The van der Waals surface area contributed by atoms with Gasteiger partial charge in [-0.15, -0.1) is 5.73 Å². The molecule has 0 aromatic heterocycles. The molecule has 6 heteroatoms.